The maximum atomic E-state index is 12.3. The summed E-state index contributed by atoms with van der Waals surface area (Å²) < 4.78 is 26.1. The molecule has 1 heterocycles. The summed E-state index contributed by atoms with van der Waals surface area (Å²) in [6.45, 7) is 2.89. The molecule has 1 aliphatic carbocycles. The summed E-state index contributed by atoms with van der Waals surface area (Å²) in [6, 6.07) is 4.59. The molecule has 0 aliphatic heterocycles. The molecule has 1 N–H and O–H groups in total. The normalized spacial score (nSPS) is 17.8. The van der Waals surface area contributed by atoms with Crippen LogP contribution < -0.4 is 5.32 Å². The molecule has 0 aromatic carbocycles. The Labute approximate surface area is 119 Å². The zero-order valence-corrected chi connectivity index (χ0v) is 13.1. The lowest BCUT2D eigenvalue weighted by atomic mass is 10.3. The Balaban J connectivity index is 1.82. The summed E-state index contributed by atoms with van der Waals surface area (Å²) in [6.07, 6.45) is 3.15. The van der Waals surface area contributed by atoms with E-state index in [1.807, 2.05) is 17.5 Å². The van der Waals surface area contributed by atoms with E-state index in [9.17, 15) is 8.42 Å². The summed E-state index contributed by atoms with van der Waals surface area (Å²) in [5.74, 6) is 0. The van der Waals surface area contributed by atoms with Crippen LogP contribution in [0.15, 0.2) is 17.5 Å². The molecule has 0 amide bonds. The molecule has 0 radical (unpaired) electrons. The van der Waals surface area contributed by atoms with Crippen LogP contribution in [-0.4, -0.2) is 44.2 Å². The van der Waals surface area contributed by atoms with Gasteiger partial charge in [0.2, 0.25) is 10.0 Å². The van der Waals surface area contributed by atoms with E-state index in [0.717, 1.165) is 6.42 Å². The summed E-state index contributed by atoms with van der Waals surface area (Å²) in [7, 11) is -1.51. The molecule has 1 atom stereocenters. The second-order valence-corrected chi connectivity index (χ2v) is 8.68. The van der Waals surface area contributed by atoms with Crippen LogP contribution in [0.4, 0.5) is 0 Å². The third-order valence-electron chi connectivity index (χ3n) is 3.47. The molecule has 1 aromatic rings. The average Bonchev–Trinajstić information content (AvgIpc) is 3.07. The van der Waals surface area contributed by atoms with Crippen LogP contribution >= 0.6 is 11.3 Å². The van der Waals surface area contributed by atoms with Gasteiger partial charge in [-0.05, 0) is 37.6 Å². The van der Waals surface area contributed by atoms with Gasteiger partial charge in [0.05, 0.1) is 5.25 Å². The van der Waals surface area contributed by atoms with Gasteiger partial charge in [0.25, 0.3) is 0 Å². The molecule has 1 fully saturated rings. The van der Waals surface area contributed by atoms with Crippen molar-refractivity contribution < 1.29 is 8.42 Å². The number of likely N-dealkylation sites (N-methyl/N-ethyl adjacent to an activating group) is 1. The first-order chi connectivity index (χ1) is 9.00. The van der Waals surface area contributed by atoms with Gasteiger partial charge in [-0.3, -0.25) is 0 Å². The summed E-state index contributed by atoms with van der Waals surface area (Å²) in [5, 5.41) is 4.94. The Morgan fingerprint density at radius 3 is 2.84 bits per heavy atom. The van der Waals surface area contributed by atoms with Crippen LogP contribution in [0.25, 0.3) is 0 Å². The molecule has 0 bridgehead atoms. The standard InChI is InChI=1S/C13H22N2O2S2/c1-11(10-14-12-5-6-12)19(16,17)15(2)8-7-13-4-3-9-18-13/h3-4,9,11-12,14H,5-8,10H2,1-2H3. The zero-order valence-electron chi connectivity index (χ0n) is 11.5. The SMILES string of the molecule is CC(CNC1CC1)S(=O)(=O)N(C)CCc1cccs1. The van der Waals surface area contributed by atoms with Crippen molar-refractivity contribution in [2.75, 3.05) is 20.1 Å². The molecule has 1 unspecified atom stereocenters. The van der Waals surface area contributed by atoms with E-state index >= 15 is 0 Å². The zero-order chi connectivity index (χ0) is 13.9. The van der Waals surface area contributed by atoms with E-state index in [0.29, 0.717) is 19.1 Å². The average molecular weight is 302 g/mol. The van der Waals surface area contributed by atoms with Crippen molar-refractivity contribution in [1.82, 2.24) is 9.62 Å². The van der Waals surface area contributed by atoms with Gasteiger partial charge in [0, 0.05) is 31.1 Å². The van der Waals surface area contributed by atoms with Crippen LogP contribution in [0.3, 0.4) is 0 Å². The highest BCUT2D eigenvalue weighted by molar-refractivity contribution is 7.89. The van der Waals surface area contributed by atoms with E-state index in [1.165, 1.54) is 22.0 Å². The van der Waals surface area contributed by atoms with Gasteiger partial charge < -0.3 is 5.32 Å². The van der Waals surface area contributed by atoms with Gasteiger partial charge in [0.1, 0.15) is 0 Å². The molecule has 2 rings (SSSR count). The van der Waals surface area contributed by atoms with Gasteiger partial charge in [-0.1, -0.05) is 6.07 Å². The van der Waals surface area contributed by atoms with Crippen molar-refractivity contribution >= 4 is 21.4 Å². The molecule has 1 aliphatic rings. The van der Waals surface area contributed by atoms with Gasteiger partial charge in [-0.2, -0.15) is 0 Å². The predicted octanol–water partition coefficient (Wildman–Crippen LogP) is 1.69. The molecule has 108 valence electrons. The highest BCUT2D eigenvalue weighted by Gasteiger charge is 2.28. The van der Waals surface area contributed by atoms with Crippen LogP contribution in [0, 0.1) is 0 Å². The summed E-state index contributed by atoms with van der Waals surface area (Å²) >= 11 is 1.67. The lowest BCUT2D eigenvalue weighted by molar-refractivity contribution is 0.460. The molecule has 1 aromatic heterocycles. The van der Waals surface area contributed by atoms with E-state index in [2.05, 4.69) is 5.32 Å². The van der Waals surface area contributed by atoms with Crippen molar-refractivity contribution in [3.63, 3.8) is 0 Å². The predicted molar refractivity (Wildman–Crippen MR) is 80.1 cm³/mol. The van der Waals surface area contributed by atoms with Crippen molar-refractivity contribution in [3.8, 4) is 0 Å². The topological polar surface area (TPSA) is 49.4 Å². The quantitative estimate of drug-likeness (QED) is 0.795. The molecule has 6 heteroatoms. The fourth-order valence-electron chi connectivity index (χ4n) is 1.88. The Kier molecular flexibility index (Phi) is 5.00. The number of nitrogens with zero attached hydrogens (tertiary/aromatic N) is 1. The molecular formula is C13H22N2O2S2. The van der Waals surface area contributed by atoms with Crippen LogP contribution in [-0.2, 0) is 16.4 Å². The fraction of sp³-hybridized carbons (Fsp3) is 0.692. The van der Waals surface area contributed by atoms with E-state index in [1.54, 1.807) is 25.3 Å². The lowest BCUT2D eigenvalue weighted by Crippen LogP contribution is -2.41. The molecular weight excluding hydrogens is 280 g/mol. The maximum Gasteiger partial charge on any atom is 0.217 e. The summed E-state index contributed by atoms with van der Waals surface area (Å²) in [4.78, 5) is 1.23. The van der Waals surface area contributed by atoms with Crippen LogP contribution in [0.2, 0.25) is 0 Å². The number of rotatable bonds is 8. The Bertz CT molecular complexity index is 481. The number of hydrogen-bond donors (Lipinski definition) is 1. The third-order valence-corrected chi connectivity index (χ3v) is 6.64. The van der Waals surface area contributed by atoms with Crippen LogP contribution in [0.5, 0.6) is 0 Å². The Morgan fingerprint density at radius 1 is 1.53 bits per heavy atom. The first-order valence-electron chi connectivity index (χ1n) is 6.71. The fourth-order valence-corrected chi connectivity index (χ4v) is 3.85. The molecule has 19 heavy (non-hydrogen) atoms. The van der Waals surface area contributed by atoms with Gasteiger partial charge in [-0.25, -0.2) is 12.7 Å². The Morgan fingerprint density at radius 2 is 2.26 bits per heavy atom. The number of nitrogens with one attached hydrogen (secondary N) is 1. The van der Waals surface area contributed by atoms with Crippen molar-refractivity contribution in [3.05, 3.63) is 22.4 Å². The van der Waals surface area contributed by atoms with Gasteiger partial charge in [0.15, 0.2) is 0 Å². The molecule has 4 nitrogen and oxygen atoms in total. The minimum atomic E-state index is -3.18. The van der Waals surface area contributed by atoms with E-state index in [4.69, 9.17) is 0 Å². The van der Waals surface area contributed by atoms with E-state index < -0.39 is 10.0 Å². The van der Waals surface area contributed by atoms with Crippen molar-refractivity contribution in [1.29, 1.82) is 0 Å². The number of sulfonamides is 1. The van der Waals surface area contributed by atoms with Gasteiger partial charge in [-0.15, -0.1) is 11.3 Å². The molecule has 1 saturated carbocycles. The molecule has 0 saturated heterocycles. The minimum Gasteiger partial charge on any atom is -0.313 e. The first kappa shape index (κ1) is 15.0. The number of hydrogen-bond acceptors (Lipinski definition) is 4. The third kappa shape index (κ3) is 4.27. The minimum absolute atomic E-state index is 0.360. The second-order valence-electron chi connectivity index (χ2n) is 5.19. The monoisotopic (exact) mass is 302 g/mol. The Hall–Kier alpha value is -0.430. The molecule has 0 spiro atoms. The lowest BCUT2D eigenvalue weighted by Gasteiger charge is -2.22. The van der Waals surface area contributed by atoms with Gasteiger partial charge >= 0.3 is 0 Å². The largest absolute Gasteiger partial charge is 0.313 e. The maximum absolute atomic E-state index is 12.3. The summed E-state index contributed by atoms with van der Waals surface area (Å²) in [5.41, 5.74) is 0. The number of thiophene rings is 1. The highest BCUT2D eigenvalue weighted by atomic mass is 32.2. The first-order valence-corrected chi connectivity index (χ1v) is 9.09. The van der Waals surface area contributed by atoms with E-state index in [-0.39, 0.29) is 5.25 Å². The highest BCUT2D eigenvalue weighted by Crippen LogP contribution is 2.19. The van der Waals surface area contributed by atoms with Crippen molar-refractivity contribution in [2.24, 2.45) is 0 Å². The second kappa shape index (κ2) is 6.35. The van der Waals surface area contributed by atoms with Crippen molar-refractivity contribution in [2.45, 2.75) is 37.5 Å². The van der Waals surface area contributed by atoms with Crippen LogP contribution in [0.1, 0.15) is 24.6 Å². The smallest absolute Gasteiger partial charge is 0.217 e.